The molecule has 0 aliphatic heterocycles. The number of ether oxygens (including phenoxy) is 1. The van der Waals surface area contributed by atoms with Crippen LogP contribution in [0.1, 0.15) is 12.8 Å². The van der Waals surface area contributed by atoms with Crippen LogP contribution in [0.4, 0.5) is 4.79 Å². The molecule has 19 heavy (non-hydrogen) atoms. The summed E-state index contributed by atoms with van der Waals surface area (Å²) in [6.45, 7) is -0.299. The van der Waals surface area contributed by atoms with E-state index < -0.39 is 29.9 Å². The zero-order chi connectivity index (χ0) is 15.0. The number of carbonyl (C=O) groups is 4. The maximum atomic E-state index is 11.5. The van der Waals surface area contributed by atoms with Crippen molar-refractivity contribution in [2.24, 2.45) is 11.5 Å². The van der Waals surface area contributed by atoms with Gasteiger partial charge < -0.3 is 26.4 Å². The molecule has 0 aliphatic rings. The topological polar surface area (TPSA) is 145 Å². The average molecular weight is 274 g/mol. The molecule has 4 amide bonds. The summed E-state index contributed by atoms with van der Waals surface area (Å²) in [6.07, 6.45) is -0.762. The largest absolute Gasteiger partial charge is 0.453 e. The number of carbonyl (C=O) groups excluding carboxylic acids is 4. The third kappa shape index (κ3) is 6.86. The van der Waals surface area contributed by atoms with Gasteiger partial charge in [0.05, 0.1) is 7.11 Å². The minimum atomic E-state index is -1.01. The third-order valence-corrected chi connectivity index (χ3v) is 2.23. The van der Waals surface area contributed by atoms with Crippen molar-refractivity contribution in [2.45, 2.75) is 18.9 Å². The van der Waals surface area contributed by atoms with Crippen LogP contribution in [-0.4, -0.2) is 55.5 Å². The number of nitrogens with two attached hydrogens (primary N) is 2. The summed E-state index contributed by atoms with van der Waals surface area (Å²) < 4.78 is 4.40. The molecule has 9 heteroatoms. The quantitative estimate of drug-likeness (QED) is 0.488. The lowest BCUT2D eigenvalue weighted by Crippen LogP contribution is -2.48. The summed E-state index contributed by atoms with van der Waals surface area (Å²) in [6, 6.07) is -1.01. The normalized spacial score (nSPS) is 11.3. The van der Waals surface area contributed by atoms with Gasteiger partial charge in [0.25, 0.3) is 0 Å². The van der Waals surface area contributed by atoms with Crippen molar-refractivity contribution < 1.29 is 23.9 Å². The molecule has 0 aromatic heterocycles. The van der Waals surface area contributed by atoms with Crippen LogP contribution < -0.4 is 16.8 Å². The zero-order valence-corrected chi connectivity index (χ0v) is 10.8. The molecule has 0 aliphatic carbocycles. The number of nitrogens with one attached hydrogen (secondary N) is 1. The van der Waals surface area contributed by atoms with Crippen LogP contribution >= 0.6 is 0 Å². The van der Waals surface area contributed by atoms with E-state index in [1.807, 2.05) is 0 Å². The third-order valence-electron chi connectivity index (χ3n) is 2.23. The number of hydrogen-bond acceptors (Lipinski definition) is 5. The van der Waals surface area contributed by atoms with Gasteiger partial charge in [-0.1, -0.05) is 0 Å². The number of likely N-dealkylation sites (N-methyl/N-ethyl adjacent to an activating group) is 1. The molecular formula is C10H18N4O5. The Morgan fingerprint density at radius 2 is 1.84 bits per heavy atom. The molecule has 0 unspecified atom stereocenters. The van der Waals surface area contributed by atoms with Crippen LogP contribution in [0.15, 0.2) is 0 Å². The summed E-state index contributed by atoms with van der Waals surface area (Å²) in [5, 5.41) is 2.31. The Morgan fingerprint density at radius 3 is 2.26 bits per heavy atom. The number of methoxy groups -OCH3 is 1. The molecule has 0 saturated heterocycles. The second-order valence-corrected chi connectivity index (χ2v) is 3.85. The minimum absolute atomic E-state index is 0.0122. The van der Waals surface area contributed by atoms with Crippen LogP contribution in [0.5, 0.6) is 0 Å². The van der Waals surface area contributed by atoms with Gasteiger partial charge in [-0.3, -0.25) is 14.4 Å². The second-order valence-electron chi connectivity index (χ2n) is 3.85. The monoisotopic (exact) mass is 274 g/mol. The van der Waals surface area contributed by atoms with Crippen molar-refractivity contribution in [3.63, 3.8) is 0 Å². The van der Waals surface area contributed by atoms with Crippen LogP contribution in [0.25, 0.3) is 0 Å². The molecule has 0 heterocycles. The highest BCUT2D eigenvalue weighted by molar-refractivity contribution is 5.89. The Kier molecular flexibility index (Phi) is 6.94. The van der Waals surface area contributed by atoms with Gasteiger partial charge in [0.2, 0.25) is 17.7 Å². The lowest BCUT2D eigenvalue weighted by atomic mass is 10.1. The lowest BCUT2D eigenvalue weighted by molar-refractivity contribution is -0.128. The summed E-state index contributed by atoms with van der Waals surface area (Å²) in [4.78, 5) is 45.3. The predicted molar refractivity (Wildman–Crippen MR) is 64.6 cm³/mol. The Balaban J connectivity index is 4.35. The number of hydrogen-bond donors (Lipinski definition) is 3. The van der Waals surface area contributed by atoms with Gasteiger partial charge in [0, 0.05) is 13.5 Å². The van der Waals surface area contributed by atoms with Gasteiger partial charge >= 0.3 is 6.09 Å². The summed E-state index contributed by atoms with van der Waals surface area (Å²) in [7, 11) is 2.53. The second kappa shape index (κ2) is 7.90. The first-order chi connectivity index (χ1) is 8.77. The molecule has 0 bridgehead atoms. The SMILES string of the molecule is COC(=O)N(C)CC(=O)N[C@@H](CCC(N)=O)C(N)=O. The van der Waals surface area contributed by atoms with Gasteiger partial charge in [-0.05, 0) is 6.42 Å². The molecule has 0 fully saturated rings. The van der Waals surface area contributed by atoms with Crippen LogP contribution in [0, 0.1) is 0 Å². The molecular weight excluding hydrogens is 256 g/mol. The molecule has 0 rings (SSSR count). The Hall–Kier alpha value is -2.32. The van der Waals surface area contributed by atoms with Gasteiger partial charge in [0.1, 0.15) is 12.6 Å². The zero-order valence-electron chi connectivity index (χ0n) is 10.8. The number of nitrogens with zero attached hydrogens (tertiary/aromatic N) is 1. The molecule has 9 nitrogen and oxygen atoms in total. The molecule has 0 aromatic carbocycles. The number of rotatable bonds is 7. The fraction of sp³-hybridized carbons (Fsp3) is 0.600. The molecule has 0 saturated carbocycles. The number of amides is 4. The first-order valence-electron chi connectivity index (χ1n) is 5.44. The molecule has 1 atom stereocenters. The standard InChI is InChI=1S/C10H18N4O5/c1-14(10(18)19-2)5-8(16)13-6(9(12)17)3-4-7(11)15/h6H,3-5H2,1-2H3,(H2,11,15)(H2,12,17)(H,13,16)/t6-/m0/s1. The van der Waals surface area contributed by atoms with Crippen LogP contribution in [0.3, 0.4) is 0 Å². The van der Waals surface area contributed by atoms with E-state index in [1.165, 1.54) is 14.2 Å². The maximum absolute atomic E-state index is 11.5. The molecule has 0 spiro atoms. The van der Waals surface area contributed by atoms with E-state index in [0.29, 0.717) is 0 Å². The fourth-order valence-electron chi connectivity index (χ4n) is 1.25. The molecule has 0 aromatic rings. The number of primary amides is 2. The maximum Gasteiger partial charge on any atom is 0.409 e. The van der Waals surface area contributed by atoms with E-state index in [1.54, 1.807) is 0 Å². The summed E-state index contributed by atoms with van der Waals surface area (Å²) in [5.74, 6) is -1.98. The van der Waals surface area contributed by atoms with E-state index in [9.17, 15) is 19.2 Å². The fourth-order valence-corrected chi connectivity index (χ4v) is 1.25. The van der Waals surface area contributed by atoms with E-state index in [2.05, 4.69) is 10.1 Å². The van der Waals surface area contributed by atoms with Crippen molar-refractivity contribution in [3.8, 4) is 0 Å². The van der Waals surface area contributed by atoms with Crippen molar-refractivity contribution in [1.82, 2.24) is 10.2 Å². The Morgan fingerprint density at radius 1 is 1.26 bits per heavy atom. The van der Waals surface area contributed by atoms with Crippen molar-refractivity contribution in [1.29, 1.82) is 0 Å². The summed E-state index contributed by atoms with van der Waals surface area (Å²) >= 11 is 0. The first kappa shape index (κ1) is 16.7. The lowest BCUT2D eigenvalue weighted by Gasteiger charge is -2.18. The highest BCUT2D eigenvalue weighted by atomic mass is 16.5. The van der Waals surface area contributed by atoms with E-state index >= 15 is 0 Å². The molecule has 0 radical (unpaired) electrons. The van der Waals surface area contributed by atoms with Crippen LogP contribution in [-0.2, 0) is 19.1 Å². The van der Waals surface area contributed by atoms with E-state index in [4.69, 9.17) is 11.5 Å². The van der Waals surface area contributed by atoms with Crippen molar-refractivity contribution in [2.75, 3.05) is 20.7 Å². The smallest absolute Gasteiger partial charge is 0.409 e. The minimum Gasteiger partial charge on any atom is -0.453 e. The Labute approximate surface area is 110 Å². The predicted octanol–water partition coefficient (Wildman–Crippen LogP) is -2.08. The highest BCUT2D eigenvalue weighted by Gasteiger charge is 2.20. The Bertz CT molecular complexity index is 371. The van der Waals surface area contributed by atoms with Gasteiger partial charge in [-0.2, -0.15) is 0 Å². The summed E-state index contributed by atoms with van der Waals surface area (Å²) in [5.41, 5.74) is 10.0. The molecule has 108 valence electrons. The van der Waals surface area contributed by atoms with Crippen LogP contribution in [0.2, 0.25) is 0 Å². The first-order valence-corrected chi connectivity index (χ1v) is 5.44. The molecule has 5 N–H and O–H groups in total. The highest BCUT2D eigenvalue weighted by Crippen LogP contribution is 1.97. The van der Waals surface area contributed by atoms with Gasteiger partial charge in [-0.15, -0.1) is 0 Å². The van der Waals surface area contributed by atoms with Crippen molar-refractivity contribution >= 4 is 23.8 Å². The van der Waals surface area contributed by atoms with Gasteiger partial charge in [0.15, 0.2) is 0 Å². The average Bonchev–Trinajstić information content (AvgIpc) is 2.32. The van der Waals surface area contributed by atoms with Crippen molar-refractivity contribution in [3.05, 3.63) is 0 Å². The van der Waals surface area contributed by atoms with E-state index in [0.717, 1.165) is 4.90 Å². The van der Waals surface area contributed by atoms with E-state index in [-0.39, 0.29) is 19.4 Å². The van der Waals surface area contributed by atoms with Gasteiger partial charge in [-0.25, -0.2) is 4.79 Å².